The van der Waals surface area contributed by atoms with Gasteiger partial charge in [0.15, 0.2) is 0 Å². The highest BCUT2D eigenvalue weighted by Crippen LogP contribution is 2.35. The van der Waals surface area contributed by atoms with Crippen molar-refractivity contribution in [1.29, 1.82) is 0 Å². The molecule has 0 aromatic carbocycles. The van der Waals surface area contributed by atoms with Gasteiger partial charge in [0.2, 0.25) is 0 Å². The molecular formula is C20H35N. The van der Waals surface area contributed by atoms with Crippen LogP contribution in [-0.2, 0) is 0 Å². The predicted octanol–water partition coefficient (Wildman–Crippen LogP) is 5.32. The largest absolute Gasteiger partial charge is 0.302 e. The van der Waals surface area contributed by atoms with Crippen molar-refractivity contribution in [2.45, 2.75) is 48.5 Å². The third-order valence-electron chi connectivity index (χ3n) is 5.36. The maximum absolute atomic E-state index is 2.46. The van der Waals surface area contributed by atoms with Crippen LogP contribution in [-0.4, -0.2) is 25.0 Å². The fraction of sp³-hybridized carbons (Fsp3) is 0.700. The monoisotopic (exact) mass is 289 g/mol. The highest BCUT2D eigenvalue weighted by molar-refractivity contribution is 5.31. The van der Waals surface area contributed by atoms with Crippen molar-refractivity contribution in [3.8, 4) is 0 Å². The van der Waals surface area contributed by atoms with Crippen LogP contribution in [0.25, 0.3) is 0 Å². The minimum Gasteiger partial charge on any atom is -0.302 e. The summed E-state index contributed by atoms with van der Waals surface area (Å²) >= 11 is 0. The van der Waals surface area contributed by atoms with Gasteiger partial charge in [-0.3, -0.25) is 0 Å². The van der Waals surface area contributed by atoms with Crippen LogP contribution < -0.4 is 0 Å². The molecular weight excluding hydrogens is 254 g/mol. The fourth-order valence-corrected chi connectivity index (χ4v) is 2.61. The minimum atomic E-state index is 0.170. The van der Waals surface area contributed by atoms with Crippen molar-refractivity contribution in [2.24, 2.45) is 22.7 Å². The molecule has 0 spiro atoms. The molecule has 0 heterocycles. The molecule has 1 atom stereocenters. The summed E-state index contributed by atoms with van der Waals surface area (Å²) in [4.78, 5) is 2.46. The van der Waals surface area contributed by atoms with Crippen LogP contribution in [0.3, 0.4) is 0 Å². The van der Waals surface area contributed by atoms with E-state index in [-0.39, 0.29) is 5.41 Å². The number of allylic oxidation sites excluding steroid dienone is 4. The summed E-state index contributed by atoms with van der Waals surface area (Å²) in [7, 11) is 2.24. The molecule has 120 valence electrons. The first-order valence-corrected chi connectivity index (χ1v) is 8.31. The molecule has 1 heteroatoms. The van der Waals surface area contributed by atoms with E-state index in [0.717, 1.165) is 13.1 Å². The summed E-state index contributed by atoms with van der Waals surface area (Å²) in [6.45, 7) is 18.5. The molecule has 0 amide bonds. The molecule has 1 rings (SSSR count). The zero-order valence-electron chi connectivity index (χ0n) is 15.4. The highest BCUT2D eigenvalue weighted by atomic mass is 15.1. The highest BCUT2D eigenvalue weighted by Gasteiger charge is 2.29. The van der Waals surface area contributed by atoms with Crippen molar-refractivity contribution < 1.29 is 0 Å². The van der Waals surface area contributed by atoms with Gasteiger partial charge in [-0.2, -0.15) is 0 Å². The Labute approximate surface area is 132 Å². The van der Waals surface area contributed by atoms with E-state index in [2.05, 4.69) is 90.8 Å². The average molecular weight is 290 g/mol. The summed E-state index contributed by atoms with van der Waals surface area (Å²) in [5.41, 5.74) is 1.95. The van der Waals surface area contributed by atoms with E-state index < -0.39 is 0 Å². The third kappa shape index (κ3) is 5.47. The third-order valence-corrected chi connectivity index (χ3v) is 5.36. The maximum atomic E-state index is 2.46. The molecule has 0 N–H and O–H groups in total. The van der Waals surface area contributed by atoms with E-state index in [1.54, 1.807) is 0 Å². The number of likely N-dealkylation sites (N-methyl/N-ethyl adjacent to an activating group) is 1. The lowest BCUT2D eigenvalue weighted by molar-refractivity contribution is 0.118. The van der Waals surface area contributed by atoms with Gasteiger partial charge in [0.1, 0.15) is 0 Å². The Hall–Kier alpha value is -0.820. The lowest BCUT2D eigenvalue weighted by atomic mass is 9.71. The van der Waals surface area contributed by atoms with Gasteiger partial charge >= 0.3 is 0 Å². The smallest absolute Gasteiger partial charge is 0.0230 e. The minimum absolute atomic E-state index is 0.170. The Kier molecular flexibility index (Phi) is 6.04. The van der Waals surface area contributed by atoms with Crippen LogP contribution in [0, 0.1) is 22.7 Å². The van der Waals surface area contributed by atoms with Gasteiger partial charge in [0, 0.05) is 18.5 Å². The molecule has 0 saturated heterocycles. The first kappa shape index (κ1) is 18.2. The Morgan fingerprint density at radius 1 is 1.14 bits per heavy atom. The molecule has 0 radical (unpaired) electrons. The molecule has 1 aliphatic carbocycles. The normalized spacial score (nSPS) is 19.8. The van der Waals surface area contributed by atoms with E-state index in [1.807, 2.05) is 0 Å². The molecule has 1 nitrogen and oxygen atoms in total. The van der Waals surface area contributed by atoms with Gasteiger partial charge in [0.05, 0.1) is 0 Å². The van der Waals surface area contributed by atoms with Crippen LogP contribution in [0.2, 0.25) is 0 Å². The van der Waals surface area contributed by atoms with Crippen molar-refractivity contribution in [3.63, 3.8) is 0 Å². The zero-order chi connectivity index (χ0) is 16.3. The van der Waals surface area contributed by atoms with Crippen LogP contribution >= 0.6 is 0 Å². The first-order chi connectivity index (χ1) is 9.54. The Balaban J connectivity index is 2.61. The van der Waals surface area contributed by atoms with Gasteiger partial charge in [0.25, 0.3) is 0 Å². The van der Waals surface area contributed by atoms with E-state index in [4.69, 9.17) is 0 Å². The number of hydrogen-bond acceptors (Lipinski definition) is 1. The van der Waals surface area contributed by atoms with E-state index in [9.17, 15) is 0 Å². The van der Waals surface area contributed by atoms with Crippen molar-refractivity contribution in [2.75, 3.05) is 20.1 Å². The van der Waals surface area contributed by atoms with E-state index >= 15 is 0 Å². The summed E-state index contributed by atoms with van der Waals surface area (Å²) in [5.74, 6) is 1.39. The second-order valence-corrected chi connectivity index (χ2v) is 8.33. The quantitative estimate of drug-likeness (QED) is 0.640. The Bertz CT molecular complexity index is 421. The SMILES string of the molecule is CC(C)C(C)(C)C(C)CN(C)CC1=CC=CC(C)(C)C=C1. The molecule has 0 fully saturated rings. The summed E-state index contributed by atoms with van der Waals surface area (Å²) in [6.07, 6.45) is 11.3. The Morgan fingerprint density at radius 2 is 1.76 bits per heavy atom. The van der Waals surface area contributed by atoms with E-state index in [1.165, 1.54) is 5.57 Å². The fourth-order valence-electron chi connectivity index (χ4n) is 2.61. The molecule has 0 aromatic heterocycles. The van der Waals surface area contributed by atoms with Crippen molar-refractivity contribution >= 4 is 0 Å². The van der Waals surface area contributed by atoms with Gasteiger partial charge in [-0.1, -0.05) is 78.8 Å². The van der Waals surface area contributed by atoms with Crippen LogP contribution in [0.4, 0.5) is 0 Å². The van der Waals surface area contributed by atoms with Crippen molar-refractivity contribution in [3.05, 3.63) is 36.0 Å². The summed E-state index contributed by atoms with van der Waals surface area (Å²) in [5, 5.41) is 0. The number of rotatable bonds is 6. The Morgan fingerprint density at radius 3 is 2.33 bits per heavy atom. The molecule has 0 saturated carbocycles. The topological polar surface area (TPSA) is 3.24 Å². The standard InChI is InChI=1S/C20H35N/c1-16(2)20(6,7)17(3)14-21(8)15-18-10-9-12-19(4,5)13-11-18/h9-13,16-17H,14-15H2,1-8H3. The van der Waals surface area contributed by atoms with Gasteiger partial charge in [-0.15, -0.1) is 0 Å². The first-order valence-electron chi connectivity index (χ1n) is 8.31. The summed E-state index contributed by atoms with van der Waals surface area (Å²) in [6, 6.07) is 0. The molecule has 0 aromatic rings. The second-order valence-electron chi connectivity index (χ2n) is 8.33. The lowest BCUT2D eigenvalue weighted by Crippen LogP contribution is -2.36. The van der Waals surface area contributed by atoms with Gasteiger partial charge in [-0.25, -0.2) is 0 Å². The summed E-state index contributed by atoms with van der Waals surface area (Å²) < 4.78 is 0. The predicted molar refractivity (Wildman–Crippen MR) is 95.4 cm³/mol. The van der Waals surface area contributed by atoms with Gasteiger partial charge < -0.3 is 4.90 Å². The molecule has 0 aliphatic heterocycles. The average Bonchev–Trinajstić information content (AvgIpc) is 2.50. The van der Waals surface area contributed by atoms with Crippen molar-refractivity contribution in [1.82, 2.24) is 4.90 Å². The van der Waals surface area contributed by atoms with Crippen LogP contribution in [0.1, 0.15) is 48.5 Å². The molecule has 21 heavy (non-hydrogen) atoms. The van der Waals surface area contributed by atoms with Crippen LogP contribution in [0.15, 0.2) is 36.0 Å². The molecule has 1 unspecified atom stereocenters. The number of nitrogens with zero attached hydrogens (tertiary/aromatic N) is 1. The zero-order valence-corrected chi connectivity index (χ0v) is 15.4. The molecule has 0 bridgehead atoms. The molecule has 1 aliphatic rings. The number of hydrogen-bond donors (Lipinski definition) is 0. The second kappa shape index (κ2) is 6.96. The van der Waals surface area contributed by atoms with Crippen LogP contribution in [0.5, 0.6) is 0 Å². The maximum Gasteiger partial charge on any atom is 0.0230 e. The lowest BCUT2D eigenvalue weighted by Gasteiger charge is -2.38. The van der Waals surface area contributed by atoms with Gasteiger partial charge in [-0.05, 0) is 29.9 Å². The van der Waals surface area contributed by atoms with E-state index in [0.29, 0.717) is 17.3 Å².